The van der Waals surface area contributed by atoms with Gasteiger partial charge in [0, 0.05) is 30.4 Å². The van der Waals surface area contributed by atoms with Crippen molar-refractivity contribution < 1.29 is 23.9 Å². The summed E-state index contributed by atoms with van der Waals surface area (Å²) in [5.41, 5.74) is 0.500. The standard InChI is InChI=1S/C30H39NO6/c1-18-12-15-30(35-17-18)19(2)24-10-11-26-25(27(24)37-30)9-6-21-16-23(13-14-29(21,26)3)36-28(32)20-4-7-22(8-5-20)31(33)34/h4-9,18-19,21,23-27H,10-17H2,1-3H3/t18-,19-,21-,23-,24-,25-,26-,27+,29+,30+/m1/s1. The Labute approximate surface area is 219 Å². The van der Waals surface area contributed by atoms with Gasteiger partial charge in [-0.05, 0) is 79.7 Å². The molecule has 4 fully saturated rings. The van der Waals surface area contributed by atoms with Crippen molar-refractivity contribution in [3.8, 4) is 0 Å². The van der Waals surface area contributed by atoms with Gasteiger partial charge >= 0.3 is 5.97 Å². The predicted octanol–water partition coefficient (Wildman–Crippen LogP) is 6.32. The van der Waals surface area contributed by atoms with Gasteiger partial charge in [0.05, 0.1) is 23.2 Å². The first-order valence-corrected chi connectivity index (χ1v) is 14.2. The van der Waals surface area contributed by atoms with E-state index < -0.39 is 16.7 Å². The van der Waals surface area contributed by atoms with E-state index in [9.17, 15) is 14.9 Å². The lowest BCUT2D eigenvalue weighted by Crippen LogP contribution is -2.52. The lowest BCUT2D eigenvalue weighted by atomic mass is 9.50. The Morgan fingerprint density at radius 1 is 1.08 bits per heavy atom. The fourth-order valence-electron chi connectivity index (χ4n) is 8.35. The number of carbonyl (C=O) groups is 1. The first-order valence-electron chi connectivity index (χ1n) is 14.2. The zero-order chi connectivity index (χ0) is 25.9. The van der Waals surface area contributed by atoms with Gasteiger partial charge in [-0.2, -0.15) is 0 Å². The number of benzene rings is 1. The number of nitrogens with zero attached hydrogens (tertiary/aromatic N) is 1. The number of fused-ring (bicyclic) bond motifs is 5. The first-order chi connectivity index (χ1) is 17.7. The largest absolute Gasteiger partial charge is 0.459 e. The van der Waals surface area contributed by atoms with Gasteiger partial charge in [0.25, 0.3) is 5.69 Å². The number of nitro groups is 1. The maximum atomic E-state index is 12.7. The molecule has 1 aromatic carbocycles. The predicted molar refractivity (Wildman–Crippen MR) is 138 cm³/mol. The quantitative estimate of drug-likeness (QED) is 0.205. The average Bonchev–Trinajstić information content (AvgIpc) is 3.17. The smallest absolute Gasteiger partial charge is 0.338 e. The molecule has 0 radical (unpaired) electrons. The maximum absolute atomic E-state index is 12.7. The summed E-state index contributed by atoms with van der Waals surface area (Å²) < 4.78 is 19.2. The van der Waals surface area contributed by atoms with Crippen molar-refractivity contribution in [2.24, 2.45) is 40.9 Å². The molecule has 1 spiro atoms. The Balaban J connectivity index is 1.14. The number of nitro benzene ring substituents is 1. The number of rotatable bonds is 3. The van der Waals surface area contributed by atoms with E-state index in [-0.39, 0.29) is 23.3 Å². The second kappa shape index (κ2) is 9.19. The molecule has 10 atom stereocenters. The molecule has 0 unspecified atom stereocenters. The van der Waals surface area contributed by atoms with Crippen LogP contribution < -0.4 is 0 Å². The van der Waals surface area contributed by atoms with E-state index in [1.807, 2.05) is 0 Å². The first kappa shape index (κ1) is 25.1. The molecule has 5 aliphatic rings. The van der Waals surface area contributed by atoms with E-state index in [1.165, 1.54) is 43.5 Å². The summed E-state index contributed by atoms with van der Waals surface area (Å²) in [6.07, 6.45) is 12.2. The van der Waals surface area contributed by atoms with Crippen molar-refractivity contribution >= 4 is 11.7 Å². The van der Waals surface area contributed by atoms with E-state index >= 15 is 0 Å². The molecule has 6 rings (SSSR count). The van der Waals surface area contributed by atoms with Crippen LogP contribution in [0.4, 0.5) is 5.69 Å². The minimum Gasteiger partial charge on any atom is -0.459 e. The Hall–Kier alpha value is -2.25. The second-order valence-electron chi connectivity index (χ2n) is 12.7. The van der Waals surface area contributed by atoms with Gasteiger partial charge in [0.1, 0.15) is 6.10 Å². The van der Waals surface area contributed by atoms with Crippen LogP contribution in [0, 0.1) is 51.0 Å². The number of carbonyl (C=O) groups excluding carboxylic acids is 1. The molecule has 0 amide bonds. The summed E-state index contributed by atoms with van der Waals surface area (Å²) in [4.78, 5) is 23.2. The van der Waals surface area contributed by atoms with Crippen LogP contribution in [-0.2, 0) is 14.2 Å². The van der Waals surface area contributed by atoms with E-state index in [4.69, 9.17) is 14.2 Å². The summed E-state index contributed by atoms with van der Waals surface area (Å²) in [6, 6.07) is 5.65. The van der Waals surface area contributed by atoms with Crippen molar-refractivity contribution in [2.45, 2.75) is 83.7 Å². The molecule has 3 aliphatic carbocycles. The van der Waals surface area contributed by atoms with Crippen LogP contribution in [0.1, 0.15) is 76.1 Å². The molecule has 2 saturated heterocycles. The number of esters is 1. The Kier molecular flexibility index (Phi) is 6.22. The molecule has 200 valence electrons. The molecular weight excluding hydrogens is 470 g/mol. The highest BCUT2D eigenvalue weighted by Crippen LogP contribution is 2.62. The van der Waals surface area contributed by atoms with Crippen molar-refractivity contribution in [3.05, 3.63) is 52.1 Å². The van der Waals surface area contributed by atoms with Crippen LogP contribution in [0.25, 0.3) is 0 Å². The van der Waals surface area contributed by atoms with Crippen molar-refractivity contribution in [2.75, 3.05) is 6.61 Å². The monoisotopic (exact) mass is 509 g/mol. The summed E-state index contributed by atoms with van der Waals surface area (Å²) in [5, 5.41) is 10.9. The molecule has 7 heteroatoms. The van der Waals surface area contributed by atoms with E-state index in [0.29, 0.717) is 41.1 Å². The second-order valence-corrected chi connectivity index (χ2v) is 12.7. The summed E-state index contributed by atoms with van der Waals surface area (Å²) in [6.45, 7) is 7.86. The highest BCUT2D eigenvalue weighted by Gasteiger charge is 2.61. The third kappa shape index (κ3) is 4.13. The molecule has 0 bridgehead atoms. The number of allylic oxidation sites excluding steroid dienone is 1. The van der Waals surface area contributed by atoms with Crippen LogP contribution in [0.3, 0.4) is 0 Å². The molecule has 0 aromatic heterocycles. The summed E-state index contributed by atoms with van der Waals surface area (Å²) >= 11 is 0. The molecule has 2 saturated carbocycles. The minimum atomic E-state index is -0.465. The molecule has 2 heterocycles. The number of ether oxygens (including phenoxy) is 3. The molecule has 1 aromatic rings. The number of non-ortho nitro benzene ring substituents is 1. The number of hydrogen-bond acceptors (Lipinski definition) is 6. The fraction of sp³-hybridized carbons (Fsp3) is 0.700. The van der Waals surface area contributed by atoms with Gasteiger partial charge in [0.15, 0.2) is 5.79 Å². The van der Waals surface area contributed by atoms with Crippen LogP contribution in [0.5, 0.6) is 0 Å². The van der Waals surface area contributed by atoms with Crippen molar-refractivity contribution in [1.82, 2.24) is 0 Å². The van der Waals surface area contributed by atoms with Gasteiger partial charge in [-0.15, -0.1) is 0 Å². The molecule has 2 aliphatic heterocycles. The third-order valence-corrected chi connectivity index (χ3v) is 10.7. The van der Waals surface area contributed by atoms with Gasteiger partial charge in [0.2, 0.25) is 0 Å². The molecule has 0 N–H and O–H groups in total. The summed E-state index contributed by atoms with van der Waals surface area (Å²) in [7, 11) is 0. The lowest BCUT2D eigenvalue weighted by Gasteiger charge is -2.55. The normalized spacial score (nSPS) is 44.5. The van der Waals surface area contributed by atoms with Crippen molar-refractivity contribution in [3.63, 3.8) is 0 Å². The minimum absolute atomic E-state index is 0.0298. The van der Waals surface area contributed by atoms with Gasteiger partial charge in [-0.25, -0.2) is 4.79 Å². The zero-order valence-corrected chi connectivity index (χ0v) is 22.1. The van der Waals surface area contributed by atoms with Gasteiger partial charge in [-0.3, -0.25) is 10.1 Å². The number of hydrogen-bond donors (Lipinski definition) is 0. The average molecular weight is 510 g/mol. The molecular formula is C30H39NO6. The maximum Gasteiger partial charge on any atom is 0.338 e. The topological polar surface area (TPSA) is 87.9 Å². The third-order valence-electron chi connectivity index (χ3n) is 10.7. The molecule has 7 nitrogen and oxygen atoms in total. The van der Waals surface area contributed by atoms with Crippen LogP contribution in [0.15, 0.2) is 36.4 Å². The van der Waals surface area contributed by atoms with E-state index in [0.717, 1.165) is 32.3 Å². The lowest BCUT2D eigenvalue weighted by molar-refractivity contribution is -0.384. The van der Waals surface area contributed by atoms with E-state index in [2.05, 4.69) is 32.9 Å². The van der Waals surface area contributed by atoms with E-state index in [1.54, 1.807) is 0 Å². The van der Waals surface area contributed by atoms with Crippen LogP contribution in [-0.4, -0.2) is 35.5 Å². The zero-order valence-electron chi connectivity index (χ0n) is 22.1. The van der Waals surface area contributed by atoms with Gasteiger partial charge < -0.3 is 14.2 Å². The molecule has 37 heavy (non-hydrogen) atoms. The highest BCUT2D eigenvalue weighted by molar-refractivity contribution is 5.89. The van der Waals surface area contributed by atoms with Crippen molar-refractivity contribution in [1.29, 1.82) is 0 Å². The SMILES string of the molecule is C[C@@H]1CC[C@]2(OC1)O[C@@H]1[C@@H]3C=C[C@@H]4C[C@H](OC(=O)c5ccc([N+](=O)[O-])cc5)CC[C@]4(C)[C@@H]3CC[C@@H]1[C@H]2C. The Morgan fingerprint density at radius 3 is 2.57 bits per heavy atom. The fourth-order valence-corrected chi connectivity index (χ4v) is 8.35. The summed E-state index contributed by atoms with van der Waals surface area (Å²) in [5.74, 6) is 2.15. The van der Waals surface area contributed by atoms with Crippen LogP contribution >= 0.6 is 0 Å². The van der Waals surface area contributed by atoms with Crippen LogP contribution in [0.2, 0.25) is 0 Å². The van der Waals surface area contributed by atoms with Gasteiger partial charge in [-0.1, -0.05) is 32.9 Å². The Bertz CT molecular complexity index is 1080. The Morgan fingerprint density at radius 2 is 1.86 bits per heavy atom. The highest BCUT2D eigenvalue weighted by atomic mass is 16.7.